The molecule has 2 atom stereocenters. The zero-order valence-corrected chi connectivity index (χ0v) is 14.1. The van der Waals surface area contributed by atoms with E-state index >= 15 is 0 Å². The molecule has 2 saturated heterocycles. The molecule has 0 amide bonds. The fraction of sp³-hybridized carbons (Fsp3) is 0.625. The Hall–Kier alpha value is -0.0900. The number of nitrogens with zero attached hydrogens (tertiary/aromatic N) is 1. The first-order valence-electron chi connectivity index (χ1n) is 7.62. The molecule has 1 aromatic carbocycles. The predicted molar refractivity (Wildman–Crippen MR) is 88.2 cm³/mol. The second kappa shape index (κ2) is 6.78. The van der Waals surface area contributed by atoms with Crippen LogP contribution in [-0.2, 0) is 6.54 Å². The fourth-order valence-corrected chi connectivity index (χ4v) is 4.15. The molecule has 2 unspecified atom stereocenters. The summed E-state index contributed by atoms with van der Waals surface area (Å²) in [5, 5.41) is 4.50. The monoisotopic (exact) mass is 356 g/mol. The van der Waals surface area contributed by atoms with E-state index in [1.54, 1.807) is 0 Å². The van der Waals surface area contributed by atoms with Crippen molar-refractivity contribution < 1.29 is 0 Å². The van der Waals surface area contributed by atoms with Crippen LogP contribution in [0.15, 0.2) is 22.7 Å². The van der Waals surface area contributed by atoms with Gasteiger partial charge < -0.3 is 5.32 Å². The highest BCUT2D eigenvalue weighted by molar-refractivity contribution is 9.10. The van der Waals surface area contributed by atoms with Gasteiger partial charge in [-0.1, -0.05) is 27.5 Å². The summed E-state index contributed by atoms with van der Waals surface area (Å²) >= 11 is 9.76. The molecule has 1 N–H and O–H groups in total. The van der Waals surface area contributed by atoms with Crippen LogP contribution < -0.4 is 5.32 Å². The fourth-order valence-electron chi connectivity index (χ4n) is 3.58. The van der Waals surface area contributed by atoms with Crippen molar-refractivity contribution in [3.63, 3.8) is 0 Å². The highest BCUT2D eigenvalue weighted by Gasteiger charge is 2.29. The molecule has 0 saturated carbocycles. The average molecular weight is 358 g/mol. The minimum atomic E-state index is 0.751. The van der Waals surface area contributed by atoms with Crippen LogP contribution in [0.5, 0.6) is 0 Å². The van der Waals surface area contributed by atoms with Gasteiger partial charge in [0.1, 0.15) is 0 Å². The van der Waals surface area contributed by atoms with Gasteiger partial charge in [0.15, 0.2) is 0 Å². The van der Waals surface area contributed by atoms with Crippen molar-refractivity contribution in [1.82, 2.24) is 10.2 Å². The van der Waals surface area contributed by atoms with Gasteiger partial charge in [0.2, 0.25) is 0 Å². The molecule has 3 rings (SSSR count). The van der Waals surface area contributed by atoms with Crippen molar-refractivity contribution >= 4 is 27.5 Å². The summed E-state index contributed by atoms with van der Waals surface area (Å²) in [7, 11) is 0. The maximum atomic E-state index is 6.12. The number of nitrogens with one attached hydrogen (secondary N) is 1. The zero-order valence-electron chi connectivity index (χ0n) is 11.7. The van der Waals surface area contributed by atoms with Crippen molar-refractivity contribution in [1.29, 1.82) is 0 Å². The quantitative estimate of drug-likeness (QED) is 0.877. The zero-order chi connectivity index (χ0) is 13.9. The first kappa shape index (κ1) is 14.8. The molecule has 2 fully saturated rings. The molecule has 0 spiro atoms. The highest BCUT2D eigenvalue weighted by Crippen LogP contribution is 2.28. The Bertz CT molecular complexity index is 460. The standard InChI is InChI=1S/C16H22BrClN2/c17-15-6-5-14(18)9-13(15)11-20-8-2-3-12(10-20)16-4-1-7-19-16/h5-6,9,12,16,19H,1-4,7-8,10-11H2. The van der Waals surface area contributed by atoms with E-state index in [2.05, 4.69) is 38.3 Å². The molecule has 0 radical (unpaired) electrons. The lowest BCUT2D eigenvalue weighted by Crippen LogP contribution is -2.43. The van der Waals surface area contributed by atoms with Gasteiger partial charge in [0.25, 0.3) is 0 Å². The molecule has 0 bridgehead atoms. The topological polar surface area (TPSA) is 15.3 Å². The van der Waals surface area contributed by atoms with E-state index in [-0.39, 0.29) is 0 Å². The summed E-state index contributed by atoms with van der Waals surface area (Å²) in [6.45, 7) is 4.64. The van der Waals surface area contributed by atoms with Crippen LogP contribution in [0, 0.1) is 5.92 Å². The first-order chi connectivity index (χ1) is 9.72. The van der Waals surface area contributed by atoms with Crippen molar-refractivity contribution in [2.75, 3.05) is 19.6 Å². The Morgan fingerprint density at radius 2 is 2.20 bits per heavy atom. The first-order valence-corrected chi connectivity index (χ1v) is 8.79. The average Bonchev–Trinajstić information content (AvgIpc) is 2.97. The van der Waals surface area contributed by atoms with Crippen LogP contribution >= 0.6 is 27.5 Å². The summed E-state index contributed by atoms with van der Waals surface area (Å²) < 4.78 is 1.17. The SMILES string of the molecule is Clc1ccc(Br)c(CN2CCCC(C3CCCN3)C2)c1. The molecule has 2 aliphatic heterocycles. The molecule has 2 heterocycles. The van der Waals surface area contributed by atoms with E-state index in [4.69, 9.17) is 11.6 Å². The van der Waals surface area contributed by atoms with Crippen LogP contribution in [0.3, 0.4) is 0 Å². The molecule has 4 heteroatoms. The van der Waals surface area contributed by atoms with Gasteiger partial charge >= 0.3 is 0 Å². The Labute approximate surface area is 135 Å². The van der Waals surface area contributed by atoms with Gasteiger partial charge in [0, 0.05) is 28.6 Å². The van der Waals surface area contributed by atoms with Gasteiger partial charge in [-0.2, -0.15) is 0 Å². The Kier molecular flexibility index (Phi) is 5.03. The highest BCUT2D eigenvalue weighted by atomic mass is 79.9. The van der Waals surface area contributed by atoms with E-state index < -0.39 is 0 Å². The van der Waals surface area contributed by atoms with Gasteiger partial charge in [-0.05, 0) is 68.5 Å². The molecule has 2 aliphatic rings. The van der Waals surface area contributed by atoms with Gasteiger partial charge in [-0.25, -0.2) is 0 Å². The third kappa shape index (κ3) is 3.56. The Morgan fingerprint density at radius 1 is 1.30 bits per heavy atom. The summed E-state index contributed by atoms with van der Waals surface area (Å²) in [5.74, 6) is 0.823. The van der Waals surface area contributed by atoms with Crippen molar-refractivity contribution in [2.45, 2.75) is 38.3 Å². The minimum absolute atomic E-state index is 0.751. The summed E-state index contributed by atoms with van der Waals surface area (Å²) in [4.78, 5) is 2.59. The maximum absolute atomic E-state index is 6.12. The lowest BCUT2D eigenvalue weighted by molar-refractivity contribution is 0.145. The van der Waals surface area contributed by atoms with Gasteiger partial charge in [0.05, 0.1) is 0 Å². The molecular weight excluding hydrogens is 336 g/mol. The van der Waals surface area contributed by atoms with E-state index in [9.17, 15) is 0 Å². The maximum Gasteiger partial charge on any atom is 0.0410 e. The summed E-state index contributed by atoms with van der Waals surface area (Å²) in [6.07, 6.45) is 5.41. The van der Waals surface area contributed by atoms with E-state index in [1.807, 2.05) is 6.07 Å². The van der Waals surface area contributed by atoms with Crippen molar-refractivity contribution in [3.8, 4) is 0 Å². The number of hydrogen-bond acceptors (Lipinski definition) is 2. The van der Waals surface area contributed by atoms with Gasteiger partial charge in [-0.3, -0.25) is 4.90 Å². The van der Waals surface area contributed by atoms with Crippen LogP contribution in [-0.4, -0.2) is 30.6 Å². The summed E-state index contributed by atoms with van der Waals surface area (Å²) in [6, 6.07) is 6.83. The van der Waals surface area contributed by atoms with E-state index in [0.717, 1.165) is 23.5 Å². The van der Waals surface area contributed by atoms with Gasteiger partial charge in [-0.15, -0.1) is 0 Å². The van der Waals surface area contributed by atoms with E-state index in [1.165, 1.54) is 55.4 Å². The molecule has 110 valence electrons. The minimum Gasteiger partial charge on any atom is -0.314 e. The van der Waals surface area contributed by atoms with E-state index in [0.29, 0.717) is 0 Å². The van der Waals surface area contributed by atoms with Crippen LogP contribution in [0.4, 0.5) is 0 Å². The number of benzene rings is 1. The van der Waals surface area contributed by atoms with Crippen LogP contribution in [0.1, 0.15) is 31.2 Å². The summed E-state index contributed by atoms with van der Waals surface area (Å²) in [5.41, 5.74) is 1.30. The lowest BCUT2D eigenvalue weighted by atomic mass is 9.89. The van der Waals surface area contributed by atoms with Crippen LogP contribution in [0.25, 0.3) is 0 Å². The second-order valence-corrected chi connectivity index (χ2v) is 7.37. The Balaban J connectivity index is 1.63. The molecule has 1 aromatic rings. The second-order valence-electron chi connectivity index (χ2n) is 6.08. The van der Waals surface area contributed by atoms with Crippen molar-refractivity contribution in [2.24, 2.45) is 5.92 Å². The third-order valence-electron chi connectivity index (χ3n) is 4.61. The number of piperidine rings is 1. The largest absolute Gasteiger partial charge is 0.314 e. The molecule has 20 heavy (non-hydrogen) atoms. The van der Waals surface area contributed by atoms with Crippen LogP contribution in [0.2, 0.25) is 5.02 Å². The predicted octanol–water partition coefficient (Wildman–Crippen LogP) is 4.07. The normalized spacial score (nSPS) is 27.9. The smallest absolute Gasteiger partial charge is 0.0410 e. The molecule has 0 aliphatic carbocycles. The number of halogens is 2. The lowest BCUT2D eigenvalue weighted by Gasteiger charge is -2.36. The molecule has 0 aromatic heterocycles. The molecular formula is C16H22BrClN2. The third-order valence-corrected chi connectivity index (χ3v) is 5.62. The Morgan fingerprint density at radius 3 is 3.00 bits per heavy atom. The number of likely N-dealkylation sites (tertiary alicyclic amines) is 1. The van der Waals surface area contributed by atoms with Crippen molar-refractivity contribution in [3.05, 3.63) is 33.3 Å². The number of rotatable bonds is 3. The molecule has 2 nitrogen and oxygen atoms in total. The number of hydrogen-bond donors (Lipinski definition) is 1.